The van der Waals surface area contributed by atoms with Crippen molar-refractivity contribution in [1.29, 1.82) is 0 Å². The molecule has 2 heterocycles. The molecule has 0 bridgehead atoms. The van der Waals surface area contributed by atoms with Crippen LogP contribution in [0.15, 0.2) is 66.0 Å². The smallest absolute Gasteiger partial charge is 0.265 e. The van der Waals surface area contributed by atoms with Crippen LogP contribution in [0.4, 0.5) is 11.4 Å². The first-order valence-electron chi connectivity index (χ1n) is 10.3. The Morgan fingerprint density at radius 3 is 2.55 bits per heavy atom. The Kier molecular flexibility index (Phi) is 6.52. The number of ether oxygens (including phenoxy) is 1. The molecule has 1 fully saturated rings. The molecule has 1 saturated heterocycles. The topological polar surface area (TPSA) is 61.9 Å². The summed E-state index contributed by atoms with van der Waals surface area (Å²) in [6, 6.07) is 18.8. The average Bonchev–Trinajstić information content (AvgIpc) is 3.24. The Hall–Kier alpha value is -3.32. The quantitative estimate of drug-likeness (QED) is 0.647. The molecule has 3 aromatic rings. The van der Waals surface area contributed by atoms with Crippen LogP contribution in [0.5, 0.6) is 5.75 Å². The van der Waals surface area contributed by atoms with Crippen molar-refractivity contribution in [2.45, 2.75) is 6.42 Å². The molecule has 0 radical (unpaired) electrons. The van der Waals surface area contributed by atoms with E-state index in [-0.39, 0.29) is 11.8 Å². The fraction of sp³-hybridized carbons (Fsp3) is 0.250. The van der Waals surface area contributed by atoms with E-state index in [2.05, 4.69) is 22.3 Å². The van der Waals surface area contributed by atoms with Crippen molar-refractivity contribution in [1.82, 2.24) is 4.90 Å². The van der Waals surface area contributed by atoms with E-state index in [0.717, 1.165) is 30.9 Å². The van der Waals surface area contributed by atoms with E-state index >= 15 is 0 Å². The molecule has 0 aliphatic carbocycles. The SMILES string of the molecule is COc1ccc(N2CCCN(C(=O)c3cccc(NC(=O)c4cccs4)c3)CC2)cc1. The first-order chi connectivity index (χ1) is 15.1. The van der Waals surface area contributed by atoms with Gasteiger partial charge < -0.3 is 19.9 Å². The number of hydrogen-bond donors (Lipinski definition) is 1. The Balaban J connectivity index is 1.40. The molecule has 2 aromatic carbocycles. The second-order valence-corrected chi connectivity index (χ2v) is 8.29. The number of rotatable bonds is 5. The van der Waals surface area contributed by atoms with Crippen LogP contribution < -0.4 is 15.0 Å². The van der Waals surface area contributed by atoms with Crippen LogP contribution >= 0.6 is 11.3 Å². The highest BCUT2D eigenvalue weighted by molar-refractivity contribution is 7.12. The fourth-order valence-corrected chi connectivity index (χ4v) is 4.30. The lowest BCUT2D eigenvalue weighted by molar-refractivity contribution is 0.0766. The summed E-state index contributed by atoms with van der Waals surface area (Å²) in [5.41, 5.74) is 2.34. The number of methoxy groups -OCH3 is 1. The summed E-state index contributed by atoms with van der Waals surface area (Å²) in [4.78, 5) is 30.3. The molecule has 6 nitrogen and oxygen atoms in total. The van der Waals surface area contributed by atoms with Gasteiger partial charge in [-0.3, -0.25) is 9.59 Å². The van der Waals surface area contributed by atoms with E-state index in [1.807, 2.05) is 28.5 Å². The number of anilines is 2. The highest BCUT2D eigenvalue weighted by atomic mass is 32.1. The van der Waals surface area contributed by atoms with Crippen LogP contribution in [-0.2, 0) is 0 Å². The molecular formula is C24H25N3O3S. The summed E-state index contributed by atoms with van der Waals surface area (Å²) in [5.74, 6) is 0.662. The van der Waals surface area contributed by atoms with Gasteiger partial charge >= 0.3 is 0 Å². The Morgan fingerprint density at radius 1 is 0.968 bits per heavy atom. The van der Waals surface area contributed by atoms with E-state index in [1.165, 1.54) is 11.3 Å². The zero-order valence-electron chi connectivity index (χ0n) is 17.4. The molecule has 160 valence electrons. The molecule has 0 unspecified atom stereocenters. The number of nitrogens with zero attached hydrogens (tertiary/aromatic N) is 2. The molecule has 31 heavy (non-hydrogen) atoms. The Morgan fingerprint density at radius 2 is 1.81 bits per heavy atom. The summed E-state index contributed by atoms with van der Waals surface area (Å²) < 4.78 is 5.24. The van der Waals surface area contributed by atoms with Gasteiger partial charge in [0.2, 0.25) is 0 Å². The van der Waals surface area contributed by atoms with Gasteiger partial charge in [0.05, 0.1) is 12.0 Å². The van der Waals surface area contributed by atoms with E-state index < -0.39 is 0 Å². The van der Waals surface area contributed by atoms with Crippen molar-refractivity contribution < 1.29 is 14.3 Å². The minimum atomic E-state index is -0.162. The maximum atomic E-state index is 13.1. The van der Waals surface area contributed by atoms with Gasteiger partial charge in [-0.25, -0.2) is 0 Å². The predicted molar refractivity (Wildman–Crippen MR) is 124 cm³/mol. The van der Waals surface area contributed by atoms with E-state index in [4.69, 9.17) is 4.74 Å². The van der Waals surface area contributed by atoms with Crippen molar-refractivity contribution in [3.8, 4) is 5.75 Å². The third kappa shape index (κ3) is 5.06. The van der Waals surface area contributed by atoms with Gasteiger partial charge in [0.15, 0.2) is 0 Å². The van der Waals surface area contributed by atoms with Crippen LogP contribution in [0.3, 0.4) is 0 Å². The van der Waals surface area contributed by atoms with Crippen molar-refractivity contribution in [2.24, 2.45) is 0 Å². The minimum Gasteiger partial charge on any atom is -0.497 e. The van der Waals surface area contributed by atoms with Crippen molar-refractivity contribution in [3.63, 3.8) is 0 Å². The molecule has 1 N–H and O–H groups in total. The minimum absolute atomic E-state index is 0.0104. The van der Waals surface area contributed by atoms with Gasteiger partial charge in [-0.2, -0.15) is 0 Å². The van der Waals surface area contributed by atoms with Gasteiger partial charge in [-0.15, -0.1) is 11.3 Å². The molecule has 1 aliphatic heterocycles. The zero-order chi connectivity index (χ0) is 21.6. The maximum absolute atomic E-state index is 13.1. The highest BCUT2D eigenvalue weighted by Gasteiger charge is 2.21. The molecular weight excluding hydrogens is 410 g/mol. The van der Waals surface area contributed by atoms with Crippen molar-refractivity contribution >= 4 is 34.5 Å². The summed E-state index contributed by atoms with van der Waals surface area (Å²) in [6.45, 7) is 3.02. The first-order valence-corrected chi connectivity index (χ1v) is 11.2. The number of hydrogen-bond acceptors (Lipinski definition) is 5. The number of carbonyl (C=O) groups excluding carboxylic acids is 2. The van der Waals surface area contributed by atoms with E-state index in [1.54, 1.807) is 37.4 Å². The fourth-order valence-electron chi connectivity index (χ4n) is 3.68. The van der Waals surface area contributed by atoms with Gasteiger partial charge in [0.25, 0.3) is 11.8 Å². The van der Waals surface area contributed by atoms with Gasteiger partial charge in [0, 0.05) is 43.1 Å². The zero-order valence-corrected chi connectivity index (χ0v) is 18.2. The number of carbonyl (C=O) groups is 2. The molecule has 0 atom stereocenters. The lowest BCUT2D eigenvalue weighted by Crippen LogP contribution is -2.35. The molecule has 7 heteroatoms. The third-order valence-electron chi connectivity index (χ3n) is 5.33. The average molecular weight is 436 g/mol. The molecule has 4 rings (SSSR count). The largest absolute Gasteiger partial charge is 0.497 e. The number of benzene rings is 2. The molecule has 1 aromatic heterocycles. The van der Waals surface area contributed by atoms with Gasteiger partial charge in [0.1, 0.15) is 5.75 Å². The lowest BCUT2D eigenvalue weighted by Gasteiger charge is -2.24. The highest BCUT2D eigenvalue weighted by Crippen LogP contribution is 2.22. The van der Waals surface area contributed by atoms with Gasteiger partial charge in [-0.05, 0) is 60.3 Å². The molecule has 0 saturated carbocycles. The maximum Gasteiger partial charge on any atom is 0.265 e. The molecule has 0 spiro atoms. The number of thiophene rings is 1. The number of nitrogens with one attached hydrogen (secondary N) is 1. The van der Waals surface area contributed by atoms with Crippen LogP contribution in [-0.4, -0.2) is 50.0 Å². The second kappa shape index (κ2) is 9.66. The van der Waals surface area contributed by atoms with Crippen LogP contribution in [0.25, 0.3) is 0 Å². The monoisotopic (exact) mass is 435 g/mol. The second-order valence-electron chi connectivity index (χ2n) is 7.34. The van der Waals surface area contributed by atoms with Crippen LogP contribution in [0, 0.1) is 0 Å². The van der Waals surface area contributed by atoms with Crippen molar-refractivity contribution in [2.75, 3.05) is 43.5 Å². The normalized spacial score (nSPS) is 14.1. The van der Waals surface area contributed by atoms with Crippen LogP contribution in [0.1, 0.15) is 26.5 Å². The standard InChI is InChI=1S/C24H25N3O3S/c1-30-21-10-8-20(9-11-21)26-12-4-13-27(15-14-26)24(29)18-5-2-6-19(17-18)25-23(28)22-7-3-16-31-22/h2-3,5-11,16-17H,4,12-15H2,1H3,(H,25,28). The summed E-state index contributed by atoms with van der Waals surface area (Å²) >= 11 is 1.39. The number of amides is 2. The summed E-state index contributed by atoms with van der Waals surface area (Å²) in [6.07, 6.45) is 0.895. The predicted octanol–water partition coefficient (Wildman–Crippen LogP) is 4.36. The third-order valence-corrected chi connectivity index (χ3v) is 6.20. The van der Waals surface area contributed by atoms with Gasteiger partial charge in [-0.1, -0.05) is 12.1 Å². The van der Waals surface area contributed by atoms with Crippen LogP contribution in [0.2, 0.25) is 0 Å². The van der Waals surface area contributed by atoms with E-state index in [9.17, 15) is 9.59 Å². The molecule has 2 amide bonds. The van der Waals surface area contributed by atoms with E-state index in [0.29, 0.717) is 29.2 Å². The van der Waals surface area contributed by atoms with Crippen molar-refractivity contribution in [3.05, 3.63) is 76.5 Å². The summed E-state index contributed by atoms with van der Waals surface area (Å²) in [5, 5.41) is 4.74. The Bertz CT molecular complexity index is 1030. The summed E-state index contributed by atoms with van der Waals surface area (Å²) in [7, 11) is 1.66. The molecule has 1 aliphatic rings. The Labute approximate surface area is 186 Å². The first kappa shape index (κ1) is 20.9. The lowest BCUT2D eigenvalue weighted by atomic mass is 10.1.